The maximum atomic E-state index is 6.15. The molecule has 2 aliphatic rings. The number of benzene rings is 6. The molecule has 0 aliphatic carbocycles. The van der Waals surface area contributed by atoms with Crippen LogP contribution in [0.5, 0.6) is 5.75 Å². The third-order valence-corrected chi connectivity index (χ3v) is 12.2. The molecule has 4 nitrogen and oxygen atoms in total. The fourth-order valence-electron chi connectivity index (χ4n) is 8.73. The first kappa shape index (κ1) is 37.1. The second kappa shape index (κ2) is 15.9. The maximum absolute atomic E-state index is 6.15. The van der Waals surface area contributed by atoms with Gasteiger partial charge in [0.2, 0.25) is 0 Å². The highest BCUT2D eigenvalue weighted by atomic mass is 16.5. The highest BCUT2D eigenvalue weighted by Crippen LogP contribution is 2.43. The van der Waals surface area contributed by atoms with Crippen molar-refractivity contribution in [3.8, 4) is 83.9 Å². The van der Waals surface area contributed by atoms with Crippen LogP contribution in [0.1, 0.15) is 48.8 Å². The number of pyridine rings is 2. The van der Waals surface area contributed by atoms with E-state index in [-0.39, 0.29) is 12.0 Å². The molecule has 3 atom stereocenters. The molecule has 2 aromatic heterocycles. The molecule has 0 fully saturated rings. The molecule has 0 amide bonds. The van der Waals surface area contributed by atoms with Crippen molar-refractivity contribution in [3.05, 3.63) is 199 Å². The zero-order valence-corrected chi connectivity index (χ0v) is 34.1. The number of rotatable bonds is 9. The van der Waals surface area contributed by atoms with Crippen LogP contribution in [-0.4, -0.2) is 22.3 Å². The summed E-state index contributed by atoms with van der Waals surface area (Å²) in [5.74, 6) is 1.60. The molecule has 0 saturated heterocycles. The average Bonchev–Trinajstić information content (AvgIpc) is 3.69. The lowest BCUT2D eigenvalue weighted by atomic mass is 9.86. The van der Waals surface area contributed by atoms with Crippen LogP contribution in [0.25, 0.3) is 78.1 Å². The summed E-state index contributed by atoms with van der Waals surface area (Å²) >= 11 is 0. The van der Waals surface area contributed by atoms with Gasteiger partial charge in [-0.1, -0.05) is 117 Å². The van der Waals surface area contributed by atoms with E-state index in [9.17, 15) is 0 Å². The Kier molecular flexibility index (Phi) is 9.83. The second-order valence-corrected chi connectivity index (χ2v) is 16.0. The zero-order chi connectivity index (χ0) is 40.6. The minimum Gasteiger partial charge on any atom is -0.483 e. The summed E-state index contributed by atoms with van der Waals surface area (Å²) in [6.07, 6.45) is 10.8. The van der Waals surface area contributed by atoms with Gasteiger partial charge >= 0.3 is 0 Å². The number of hydrogen-bond acceptors (Lipinski definition) is 4. The normalized spacial score (nSPS) is 15.6. The molecule has 4 heteroatoms. The van der Waals surface area contributed by atoms with E-state index in [1.165, 1.54) is 55.6 Å². The van der Waals surface area contributed by atoms with Gasteiger partial charge in [-0.15, -0.1) is 0 Å². The van der Waals surface area contributed by atoms with Crippen molar-refractivity contribution in [2.24, 2.45) is 4.99 Å². The Bertz CT molecular complexity index is 2960. The highest BCUT2D eigenvalue weighted by molar-refractivity contribution is 5.82. The monoisotopic (exact) mass is 775 g/mol. The smallest absolute Gasteiger partial charge is 0.144 e. The molecule has 0 radical (unpaired) electrons. The van der Waals surface area contributed by atoms with E-state index in [0.29, 0.717) is 5.92 Å². The Morgan fingerprint density at radius 1 is 0.567 bits per heavy atom. The predicted molar refractivity (Wildman–Crippen MR) is 248 cm³/mol. The molecule has 10 rings (SSSR count). The second-order valence-electron chi connectivity index (χ2n) is 16.0. The van der Waals surface area contributed by atoms with Crippen LogP contribution in [0.2, 0.25) is 0 Å². The molecular weight excluding hydrogens is 731 g/mol. The van der Waals surface area contributed by atoms with E-state index in [4.69, 9.17) is 9.72 Å². The summed E-state index contributed by atoms with van der Waals surface area (Å²) in [5.41, 5.74) is 19.8. The number of aromatic nitrogens is 2. The van der Waals surface area contributed by atoms with Crippen molar-refractivity contribution in [1.82, 2.24) is 9.97 Å². The van der Waals surface area contributed by atoms with E-state index in [2.05, 4.69) is 195 Å². The van der Waals surface area contributed by atoms with Crippen LogP contribution in [0, 0.1) is 6.92 Å². The summed E-state index contributed by atoms with van der Waals surface area (Å²) < 4.78 is 6.15. The summed E-state index contributed by atoms with van der Waals surface area (Å²) in [7, 11) is 0. The van der Waals surface area contributed by atoms with Crippen molar-refractivity contribution in [2.75, 3.05) is 0 Å². The Hall–Kier alpha value is -7.17. The van der Waals surface area contributed by atoms with Gasteiger partial charge in [0, 0.05) is 47.4 Å². The van der Waals surface area contributed by atoms with E-state index >= 15 is 0 Å². The third kappa shape index (κ3) is 7.15. The van der Waals surface area contributed by atoms with Crippen molar-refractivity contribution in [2.45, 2.75) is 45.1 Å². The standard InChI is InChI=1S/C56H45N3O/c1-4-36(2)48-22-20-44(32-51(48)49-24-26-57-34-37(49)3)40-12-5-10-38(28-40)42-14-7-16-46(30-42)53-18-9-19-54(59-53)47-17-8-15-43(31-47)39-11-6-13-41(29-39)45-21-23-55-52(33-45)50-25-27-58-35-56(50)60-55/h5-36,50,56H,4H2,1-3H3. The Morgan fingerprint density at radius 3 is 1.70 bits per heavy atom. The van der Waals surface area contributed by atoms with Gasteiger partial charge in [-0.3, -0.25) is 9.98 Å². The molecular formula is C56H45N3O. The molecule has 4 heterocycles. The van der Waals surface area contributed by atoms with Crippen LogP contribution in [0.4, 0.5) is 0 Å². The summed E-state index contributed by atoms with van der Waals surface area (Å²) in [6, 6.07) is 57.1. The fourth-order valence-corrected chi connectivity index (χ4v) is 8.73. The predicted octanol–water partition coefficient (Wildman–Crippen LogP) is 14.4. The van der Waals surface area contributed by atoms with Crippen LogP contribution in [0.3, 0.4) is 0 Å². The van der Waals surface area contributed by atoms with Crippen LogP contribution >= 0.6 is 0 Å². The van der Waals surface area contributed by atoms with Crippen molar-refractivity contribution in [1.29, 1.82) is 0 Å². The van der Waals surface area contributed by atoms with Crippen molar-refractivity contribution >= 4 is 6.21 Å². The van der Waals surface area contributed by atoms with Crippen molar-refractivity contribution < 1.29 is 4.74 Å². The van der Waals surface area contributed by atoms with E-state index in [1.54, 1.807) is 0 Å². The van der Waals surface area contributed by atoms with E-state index < -0.39 is 0 Å². The lowest BCUT2D eigenvalue weighted by Gasteiger charge is -2.18. The molecule has 2 aliphatic heterocycles. The Balaban J connectivity index is 0.922. The van der Waals surface area contributed by atoms with Gasteiger partial charge in [-0.25, -0.2) is 4.98 Å². The summed E-state index contributed by atoms with van der Waals surface area (Å²) in [6.45, 7) is 6.72. The summed E-state index contributed by atoms with van der Waals surface area (Å²) in [4.78, 5) is 13.9. The molecule has 8 aromatic rings. The SMILES string of the molecule is CCC(C)c1ccc(-c2cccc(-c3cccc(-c4cccc(-c5cccc(-c6cccc(-c7ccc8c(c7)C7C=CN=CC7O8)c6)c5)n4)c3)c2)cc1-c1ccncc1C. The first-order chi connectivity index (χ1) is 29.5. The maximum Gasteiger partial charge on any atom is 0.144 e. The highest BCUT2D eigenvalue weighted by Gasteiger charge is 2.33. The third-order valence-electron chi connectivity index (χ3n) is 12.2. The van der Waals surface area contributed by atoms with Crippen molar-refractivity contribution in [3.63, 3.8) is 0 Å². The number of fused-ring (bicyclic) bond motifs is 3. The fraction of sp³-hybridized carbons (Fsp3) is 0.125. The van der Waals surface area contributed by atoms with Gasteiger partial charge in [0.1, 0.15) is 11.9 Å². The summed E-state index contributed by atoms with van der Waals surface area (Å²) in [5, 5.41) is 0. The molecule has 290 valence electrons. The minimum absolute atomic E-state index is 0.0247. The molecule has 0 saturated carbocycles. The van der Waals surface area contributed by atoms with Gasteiger partial charge in [-0.05, 0) is 147 Å². The molecule has 0 spiro atoms. The van der Waals surface area contributed by atoms with Gasteiger partial charge in [-0.2, -0.15) is 0 Å². The lowest BCUT2D eigenvalue weighted by molar-refractivity contribution is 0.292. The largest absolute Gasteiger partial charge is 0.483 e. The zero-order valence-electron chi connectivity index (χ0n) is 34.1. The number of nitrogens with zero attached hydrogens (tertiary/aromatic N) is 3. The van der Waals surface area contributed by atoms with Crippen LogP contribution in [0.15, 0.2) is 187 Å². The van der Waals surface area contributed by atoms with Crippen LogP contribution in [-0.2, 0) is 0 Å². The molecule has 0 bridgehead atoms. The van der Waals surface area contributed by atoms with Crippen LogP contribution < -0.4 is 4.74 Å². The number of hydrogen-bond donors (Lipinski definition) is 0. The first-order valence-corrected chi connectivity index (χ1v) is 20.9. The molecule has 6 aromatic carbocycles. The van der Waals surface area contributed by atoms with Gasteiger partial charge in [0.25, 0.3) is 0 Å². The minimum atomic E-state index is -0.0247. The number of ether oxygens (including phenoxy) is 1. The quantitative estimate of drug-likeness (QED) is 0.147. The van der Waals surface area contributed by atoms with E-state index in [0.717, 1.165) is 51.4 Å². The number of aliphatic imine (C=N–C) groups is 1. The molecule has 60 heavy (non-hydrogen) atoms. The first-order valence-electron chi connectivity index (χ1n) is 20.9. The van der Waals surface area contributed by atoms with Gasteiger partial charge in [0.05, 0.1) is 11.4 Å². The lowest BCUT2D eigenvalue weighted by Crippen LogP contribution is -2.20. The van der Waals surface area contributed by atoms with E-state index in [1.807, 2.05) is 24.8 Å². The van der Waals surface area contributed by atoms with Gasteiger partial charge in [0.15, 0.2) is 0 Å². The topological polar surface area (TPSA) is 47.4 Å². The Morgan fingerprint density at radius 2 is 1.10 bits per heavy atom. The number of aryl methyl sites for hydroxylation is 1. The van der Waals surface area contributed by atoms with Gasteiger partial charge < -0.3 is 4.74 Å². The molecule has 3 unspecified atom stereocenters. The molecule has 0 N–H and O–H groups in total. The Labute approximate surface area is 352 Å². The average molecular weight is 776 g/mol.